The van der Waals surface area contributed by atoms with Gasteiger partial charge in [-0.2, -0.15) is 4.98 Å². The van der Waals surface area contributed by atoms with Crippen LogP contribution in [0, 0.1) is 30.9 Å². The number of anilines is 1. The lowest BCUT2D eigenvalue weighted by atomic mass is 10.1. The van der Waals surface area contributed by atoms with Crippen LogP contribution < -0.4 is 10.5 Å². The van der Waals surface area contributed by atoms with Gasteiger partial charge in [0.25, 0.3) is 0 Å². The molecule has 2 aromatic rings. The molecular formula is C14H15N3O3. The molecule has 0 saturated heterocycles. The summed E-state index contributed by atoms with van der Waals surface area (Å²) in [5.74, 6) is 0.749. The molecule has 0 amide bonds. The lowest BCUT2D eigenvalue weighted by Gasteiger charge is -2.11. The summed E-state index contributed by atoms with van der Waals surface area (Å²) >= 11 is 0. The number of pyridine rings is 1. The average molecular weight is 273 g/mol. The lowest BCUT2D eigenvalue weighted by molar-refractivity contribution is -0.384. The van der Waals surface area contributed by atoms with Gasteiger partial charge in [0.2, 0.25) is 11.7 Å². The predicted molar refractivity (Wildman–Crippen MR) is 76.0 cm³/mol. The molecule has 2 rings (SSSR count). The standard InChI is InChI=1S/C14H15N3O3/c1-8-6-9(2)10(3)12(7-8)20-13-5-4-11(17(18)19)14(15)16-13/h4-7H,1-3H3,(H2,15,16). The van der Waals surface area contributed by atoms with Crippen molar-refractivity contribution in [1.29, 1.82) is 0 Å². The van der Waals surface area contributed by atoms with E-state index in [9.17, 15) is 10.1 Å². The first kappa shape index (κ1) is 13.8. The number of hydrogen-bond donors (Lipinski definition) is 1. The minimum absolute atomic E-state index is 0.158. The number of rotatable bonds is 3. The van der Waals surface area contributed by atoms with Crippen LogP contribution in [0.4, 0.5) is 11.5 Å². The summed E-state index contributed by atoms with van der Waals surface area (Å²) in [6.45, 7) is 5.91. The number of benzene rings is 1. The Morgan fingerprint density at radius 3 is 2.55 bits per heavy atom. The molecule has 0 bridgehead atoms. The van der Waals surface area contributed by atoms with Gasteiger partial charge in [-0.1, -0.05) is 6.07 Å². The van der Waals surface area contributed by atoms with Crippen LogP contribution >= 0.6 is 0 Å². The van der Waals surface area contributed by atoms with E-state index in [4.69, 9.17) is 10.5 Å². The van der Waals surface area contributed by atoms with E-state index in [2.05, 4.69) is 11.1 Å². The van der Waals surface area contributed by atoms with E-state index in [0.717, 1.165) is 16.7 Å². The van der Waals surface area contributed by atoms with Crippen molar-refractivity contribution in [1.82, 2.24) is 4.98 Å². The molecule has 1 aromatic carbocycles. The van der Waals surface area contributed by atoms with Crippen molar-refractivity contribution in [3.05, 3.63) is 51.1 Å². The molecule has 1 heterocycles. The first-order valence-corrected chi connectivity index (χ1v) is 6.05. The maximum atomic E-state index is 10.7. The first-order valence-electron chi connectivity index (χ1n) is 6.05. The van der Waals surface area contributed by atoms with Gasteiger partial charge in [0.15, 0.2) is 0 Å². The van der Waals surface area contributed by atoms with E-state index in [1.807, 2.05) is 26.8 Å². The van der Waals surface area contributed by atoms with Crippen molar-refractivity contribution in [2.24, 2.45) is 0 Å². The van der Waals surface area contributed by atoms with Crippen molar-refractivity contribution in [3.8, 4) is 11.6 Å². The third-order valence-corrected chi connectivity index (χ3v) is 3.05. The predicted octanol–water partition coefficient (Wildman–Crippen LogP) is 3.29. The fourth-order valence-corrected chi connectivity index (χ4v) is 1.88. The Morgan fingerprint density at radius 2 is 1.95 bits per heavy atom. The molecule has 104 valence electrons. The number of ether oxygens (including phenoxy) is 1. The number of hydrogen-bond acceptors (Lipinski definition) is 5. The molecule has 0 spiro atoms. The smallest absolute Gasteiger partial charge is 0.311 e. The molecule has 0 aliphatic rings. The topological polar surface area (TPSA) is 91.3 Å². The van der Waals surface area contributed by atoms with E-state index >= 15 is 0 Å². The minimum atomic E-state index is -0.575. The zero-order chi connectivity index (χ0) is 14.9. The van der Waals surface area contributed by atoms with Gasteiger partial charge < -0.3 is 10.5 Å². The van der Waals surface area contributed by atoms with Crippen molar-refractivity contribution < 1.29 is 9.66 Å². The molecule has 0 fully saturated rings. The Morgan fingerprint density at radius 1 is 1.25 bits per heavy atom. The Kier molecular flexibility index (Phi) is 3.56. The van der Waals surface area contributed by atoms with Crippen LogP contribution in [-0.2, 0) is 0 Å². The molecule has 0 aliphatic carbocycles. The van der Waals surface area contributed by atoms with E-state index < -0.39 is 4.92 Å². The van der Waals surface area contributed by atoms with Crippen LogP contribution in [0.25, 0.3) is 0 Å². The summed E-state index contributed by atoms with van der Waals surface area (Å²) in [5, 5.41) is 10.7. The second kappa shape index (κ2) is 5.16. The van der Waals surface area contributed by atoms with Crippen molar-refractivity contribution in [3.63, 3.8) is 0 Å². The van der Waals surface area contributed by atoms with Crippen molar-refractivity contribution in [2.45, 2.75) is 20.8 Å². The second-order valence-corrected chi connectivity index (χ2v) is 4.62. The number of nitrogens with two attached hydrogens (primary N) is 1. The SMILES string of the molecule is Cc1cc(C)c(C)c(Oc2ccc([N+](=O)[O-])c(N)n2)c1. The molecule has 0 unspecified atom stereocenters. The second-order valence-electron chi connectivity index (χ2n) is 4.62. The van der Waals surface area contributed by atoms with E-state index in [1.54, 1.807) is 0 Å². The maximum absolute atomic E-state index is 10.7. The molecule has 20 heavy (non-hydrogen) atoms. The highest BCUT2D eigenvalue weighted by molar-refractivity contribution is 5.54. The van der Waals surface area contributed by atoms with Gasteiger partial charge in [0, 0.05) is 12.1 Å². The van der Waals surface area contributed by atoms with Gasteiger partial charge in [-0.25, -0.2) is 0 Å². The number of aryl methyl sites for hydroxylation is 2. The fraction of sp³-hybridized carbons (Fsp3) is 0.214. The van der Waals surface area contributed by atoms with Crippen LogP contribution in [0.3, 0.4) is 0 Å². The van der Waals surface area contributed by atoms with Crippen LogP contribution in [0.2, 0.25) is 0 Å². The molecule has 6 nitrogen and oxygen atoms in total. The van der Waals surface area contributed by atoms with Crippen LogP contribution in [0.15, 0.2) is 24.3 Å². The van der Waals surface area contributed by atoms with E-state index in [0.29, 0.717) is 5.75 Å². The third kappa shape index (κ3) is 2.69. The monoisotopic (exact) mass is 273 g/mol. The van der Waals surface area contributed by atoms with Gasteiger partial charge in [-0.15, -0.1) is 0 Å². The largest absolute Gasteiger partial charge is 0.439 e. The molecule has 2 N–H and O–H groups in total. The Labute approximate surface area is 116 Å². The zero-order valence-corrected chi connectivity index (χ0v) is 11.5. The van der Waals surface area contributed by atoms with Crippen molar-refractivity contribution in [2.75, 3.05) is 5.73 Å². The van der Waals surface area contributed by atoms with Gasteiger partial charge in [-0.05, 0) is 43.5 Å². The summed E-state index contributed by atoms with van der Waals surface area (Å²) < 4.78 is 5.67. The lowest BCUT2D eigenvalue weighted by Crippen LogP contribution is -2.00. The highest BCUT2D eigenvalue weighted by Crippen LogP contribution is 2.29. The number of aromatic nitrogens is 1. The highest BCUT2D eigenvalue weighted by Gasteiger charge is 2.14. The number of nitrogens with zero attached hydrogens (tertiary/aromatic N) is 2. The van der Waals surface area contributed by atoms with Gasteiger partial charge in [-0.3, -0.25) is 10.1 Å². The van der Waals surface area contributed by atoms with Gasteiger partial charge >= 0.3 is 5.69 Å². The van der Waals surface area contributed by atoms with E-state index in [1.165, 1.54) is 12.1 Å². The molecule has 1 aromatic heterocycles. The van der Waals surface area contributed by atoms with Gasteiger partial charge in [0.1, 0.15) is 5.75 Å². The van der Waals surface area contributed by atoms with E-state index in [-0.39, 0.29) is 17.4 Å². The number of nitro groups is 1. The summed E-state index contributed by atoms with van der Waals surface area (Å²) in [6, 6.07) is 6.67. The molecule has 6 heteroatoms. The number of nitrogen functional groups attached to an aromatic ring is 1. The molecule has 0 saturated carbocycles. The van der Waals surface area contributed by atoms with Gasteiger partial charge in [0.05, 0.1) is 4.92 Å². The summed E-state index contributed by atoms with van der Waals surface area (Å²) in [7, 11) is 0. The quantitative estimate of drug-likeness (QED) is 0.684. The molecule has 0 atom stereocenters. The Balaban J connectivity index is 2.36. The zero-order valence-electron chi connectivity index (χ0n) is 11.5. The fourth-order valence-electron chi connectivity index (χ4n) is 1.88. The molecule has 0 aliphatic heterocycles. The normalized spacial score (nSPS) is 10.3. The van der Waals surface area contributed by atoms with Crippen LogP contribution in [0.1, 0.15) is 16.7 Å². The summed E-state index contributed by atoms with van der Waals surface area (Å²) in [5.41, 5.74) is 8.48. The summed E-state index contributed by atoms with van der Waals surface area (Å²) in [4.78, 5) is 14.0. The van der Waals surface area contributed by atoms with Crippen molar-refractivity contribution >= 4 is 11.5 Å². The highest BCUT2D eigenvalue weighted by atomic mass is 16.6. The van der Waals surface area contributed by atoms with Crippen LogP contribution in [-0.4, -0.2) is 9.91 Å². The van der Waals surface area contributed by atoms with Crippen LogP contribution in [0.5, 0.6) is 11.6 Å². The molecule has 0 radical (unpaired) electrons. The third-order valence-electron chi connectivity index (χ3n) is 3.05. The Hall–Kier alpha value is -2.63. The molecular weight excluding hydrogens is 258 g/mol. The summed E-state index contributed by atoms with van der Waals surface area (Å²) in [6.07, 6.45) is 0. The first-order chi connectivity index (χ1) is 9.38. The Bertz CT molecular complexity index is 684. The average Bonchev–Trinajstić information content (AvgIpc) is 2.35. The maximum Gasteiger partial charge on any atom is 0.311 e. The minimum Gasteiger partial charge on any atom is -0.439 e.